The second kappa shape index (κ2) is 10.6. The van der Waals surface area contributed by atoms with Gasteiger partial charge in [-0.15, -0.1) is 11.3 Å². The number of aryl methyl sites for hydroxylation is 1. The molecule has 3 N–H and O–H groups in total. The highest BCUT2D eigenvalue weighted by Gasteiger charge is 2.23. The minimum Gasteiger partial charge on any atom is -0.390 e. The molecule has 2 aromatic rings. The third-order valence-corrected chi connectivity index (χ3v) is 7.20. The fourth-order valence-corrected chi connectivity index (χ4v) is 5.43. The second-order valence-corrected chi connectivity index (χ2v) is 10.1. The number of hydrogen-bond donors (Lipinski definition) is 3. The molecular weight excluding hydrogens is 440 g/mol. The molecule has 9 nitrogen and oxygen atoms in total. The molecular formula is C23H32N6O3S. The summed E-state index contributed by atoms with van der Waals surface area (Å²) in [6, 6.07) is 3.63. The van der Waals surface area contributed by atoms with Crippen LogP contribution in [0.4, 0.5) is 5.82 Å². The van der Waals surface area contributed by atoms with Gasteiger partial charge in [-0.3, -0.25) is 14.5 Å². The highest BCUT2D eigenvalue weighted by atomic mass is 32.1. The number of aliphatic hydroxyl groups excluding tert-OH is 1. The Hall–Kier alpha value is -2.56. The minimum absolute atomic E-state index is 0.107. The first-order chi connectivity index (χ1) is 15.9. The van der Waals surface area contributed by atoms with Crippen LogP contribution in [0.15, 0.2) is 18.3 Å². The van der Waals surface area contributed by atoms with E-state index in [0.717, 1.165) is 50.4 Å². The van der Waals surface area contributed by atoms with Gasteiger partial charge in [-0.25, -0.2) is 9.97 Å². The molecule has 0 radical (unpaired) electrons. The third kappa shape index (κ3) is 6.27. The largest absolute Gasteiger partial charge is 0.390 e. The number of aliphatic hydroxyl groups is 1. The maximum Gasteiger partial charge on any atom is 0.251 e. The lowest BCUT2D eigenvalue weighted by atomic mass is 10.0. The van der Waals surface area contributed by atoms with E-state index in [1.54, 1.807) is 36.6 Å². The van der Waals surface area contributed by atoms with Gasteiger partial charge in [0, 0.05) is 75.3 Å². The third-order valence-electron chi connectivity index (χ3n) is 6.20. The average Bonchev–Trinajstić information content (AvgIpc) is 3.17. The van der Waals surface area contributed by atoms with Gasteiger partial charge in [0.25, 0.3) is 5.91 Å². The molecule has 2 aliphatic rings. The van der Waals surface area contributed by atoms with Gasteiger partial charge in [-0.1, -0.05) is 0 Å². The summed E-state index contributed by atoms with van der Waals surface area (Å²) in [7, 11) is 0. The number of thiazole rings is 1. The molecule has 1 fully saturated rings. The summed E-state index contributed by atoms with van der Waals surface area (Å²) in [6.07, 6.45) is 3.57. The Balaban J connectivity index is 1.23. The van der Waals surface area contributed by atoms with Crippen molar-refractivity contribution in [2.75, 3.05) is 38.0 Å². The number of rotatable bonds is 7. The van der Waals surface area contributed by atoms with Crippen molar-refractivity contribution in [2.24, 2.45) is 0 Å². The van der Waals surface area contributed by atoms with Gasteiger partial charge in [-0.05, 0) is 31.9 Å². The van der Waals surface area contributed by atoms with E-state index >= 15 is 0 Å². The number of nitrogens with zero attached hydrogens (tertiary/aromatic N) is 4. The number of amides is 2. The Bertz CT molecular complexity index is 988. The molecule has 0 aliphatic carbocycles. The number of piperidine rings is 1. The summed E-state index contributed by atoms with van der Waals surface area (Å²) in [5.74, 6) is 0.523. The Labute approximate surface area is 198 Å². The van der Waals surface area contributed by atoms with E-state index in [1.807, 2.05) is 11.8 Å². The molecule has 10 heteroatoms. The van der Waals surface area contributed by atoms with Gasteiger partial charge in [0.1, 0.15) is 5.82 Å². The summed E-state index contributed by atoms with van der Waals surface area (Å²) >= 11 is 1.72. The quantitative estimate of drug-likeness (QED) is 0.559. The van der Waals surface area contributed by atoms with Gasteiger partial charge in [0.05, 0.1) is 16.8 Å². The monoisotopic (exact) mass is 472 g/mol. The molecule has 2 aliphatic heterocycles. The zero-order valence-electron chi connectivity index (χ0n) is 19.2. The van der Waals surface area contributed by atoms with Crippen molar-refractivity contribution in [3.63, 3.8) is 0 Å². The summed E-state index contributed by atoms with van der Waals surface area (Å²) in [5.41, 5.74) is 1.69. The molecule has 4 heterocycles. The Morgan fingerprint density at radius 2 is 2.09 bits per heavy atom. The average molecular weight is 473 g/mol. The van der Waals surface area contributed by atoms with Crippen LogP contribution in [-0.4, -0.2) is 81.6 Å². The van der Waals surface area contributed by atoms with E-state index in [-0.39, 0.29) is 24.4 Å². The zero-order valence-corrected chi connectivity index (χ0v) is 20.0. The fraction of sp³-hybridized carbons (Fsp3) is 0.565. The summed E-state index contributed by atoms with van der Waals surface area (Å²) in [4.78, 5) is 38.3. The van der Waals surface area contributed by atoms with Crippen molar-refractivity contribution in [1.29, 1.82) is 0 Å². The van der Waals surface area contributed by atoms with Crippen LogP contribution in [-0.2, 0) is 17.8 Å². The summed E-state index contributed by atoms with van der Waals surface area (Å²) < 4.78 is 0. The maximum absolute atomic E-state index is 12.6. The minimum atomic E-state index is -0.643. The lowest BCUT2D eigenvalue weighted by molar-refractivity contribution is -0.129. The van der Waals surface area contributed by atoms with E-state index < -0.39 is 6.10 Å². The first-order valence-corrected chi connectivity index (χ1v) is 12.3. The van der Waals surface area contributed by atoms with Crippen LogP contribution < -0.4 is 10.6 Å². The molecule has 0 spiro atoms. The van der Waals surface area contributed by atoms with Crippen molar-refractivity contribution in [2.45, 2.75) is 51.8 Å². The van der Waals surface area contributed by atoms with Crippen LogP contribution in [0, 0.1) is 6.92 Å². The lowest BCUT2D eigenvalue weighted by Crippen LogP contribution is -2.42. The number of carbonyl (C=O) groups is 2. The van der Waals surface area contributed by atoms with Gasteiger partial charge in [0.2, 0.25) is 5.91 Å². The highest BCUT2D eigenvalue weighted by Crippen LogP contribution is 2.24. The van der Waals surface area contributed by atoms with E-state index in [1.165, 1.54) is 10.6 Å². The van der Waals surface area contributed by atoms with E-state index in [4.69, 9.17) is 0 Å². The second-order valence-electron chi connectivity index (χ2n) is 8.81. The molecule has 2 amide bonds. The van der Waals surface area contributed by atoms with Gasteiger partial charge < -0.3 is 20.6 Å². The van der Waals surface area contributed by atoms with Crippen LogP contribution in [0.5, 0.6) is 0 Å². The first-order valence-electron chi connectivity index (χ1n) is 11.5. The number of aromatic nitrogens is 2. The van der Waals surface area contributed by atoms with Crippen LogP contribution in [0.3, 0.4) is 0 Å². The number of hydrogen-bond acceptors (Lipinski definition) is 8. The van der Waals surface area contributed by atoms with Gasteiger partial charge >= 0.3 is 0 Å². The van der Waals surface area contributed by atoms with Crippen LogP contribution >= 0.6 is 11.3 Å². The van der Waals surface area contributed by atoms with Crippen molar-refractivity contribution in [3.05, 3.63) is 39.5 Å². The highest BCUT2D eigenvalue weighted by molar-refractivity contribution is 7.11. The normalized spacial score (nSPS) is 18.0. The van der Waals surface area contributed by atoms with Crippen LogP contribution in [0.25, 0.3) is 0 Å². The maximum atomic E-state index is 12.6. The van der Waals surface area contributed by atoms with Gasteiger partial charge in [0.15, 0.2) is 0 Å². The van der Waals surface area contributed by atoms with E-state index in [2.05, 4.69) is 25.5 Å². The SMILES string of the molecule is CC(=O)N1CCC(Nc2cc(C(=O)NC[C@H](O)CN3CCc4nc(C)sc4C3)ccn2)CC1. The number of pyridine rings is 1. The van der Waals surface area contributed by atoms with Crippen molar-refractivity contribution >= 4 is 29.0 Å². The standard InChI is InChI=1S/C23H32N6O3S/c1-15-26-20-6-8-28(14-21(20)33-15)13-19(31)12-25-23(32)17-3-7-24-22(11-17)27-18-4-9-29(10-5-18)16(2)30/h3,7,11,18-19,31H,4-6,8-10,12-14H2,1-2H3,(H,24,27)(H,25,32)/t19-/m0/s1. The predicted octanol–water partition coefficient (Wildman–Crippen LogP) is 1.42. The number of carbonyl (C=O) groups excluding carboxylic acids is 2. The van der Waals surface area contributed by atoms with Crippen molar-refractivity contribution < 1.29 is 14.7 Å². The number of nitrogens with one attached hydrogen (secondary N) is 2. The smallest absolute Gasteiger partial charge is 0.251 e. The summed E-state index contributed by atoms with van der Waals surface area (Å²) in [5, 5.41) is 17.8. The number of anilines is 1. The van der Waals surface area contributed by atoms with Crippen molar-refractivity contribution in [3.8, 4) is 0 Å². The van der Waals surface area contributed by atoms with Crippen LogP contribution in [0.1, 0.15) is 45.7 Å². The molecule has 2 aromatic heterocycles. The molecule has 33 heavy (non-hydrogen) atoms. The fourth-order valence-electron chi connectivity index (χ4n) is 4.41. The number of fused-ring (bicyclic) bond motifs is 1. The van der Waals surface area contributed by atoms with Gasteiger partial charge in [-0.2, -0.15) is 0 Å². The number of likely N-dealkylation sites (tertiary alicyclic amines) is 1. The zero-order chi connectivity index (χ0) is 23.4. The summed E-state index contributed by atoms with van der Waals surface area (Å²) in [6.45, 7) is 7.45. The molecule has 4 rings (SSSR count). The lowest BCUT2D eigenvalue weighted by Gasteiger charge is -2.32. The molecule has 178 valence electrons. The molecule has 1 atom stereocenters. The Kier molecular flexibility index (Phi) is 7.56. The van der Waals surface area contributed by atoms with E-state index in [9.17, 15) is 14.7 Å². The molecule has 1 saturated heterocycles. The topological polar surface area (TPSA) is 111 Å². The molecule has 0 saturated carbocycles. The predicted molar refractivity (Wildman–Crippen MR) is 127 cm³/mol. The Morgan fingerprint density at radius 3 is 2.85 bits per heavy atom. The van der Waals surface area contributed by atoms with Crippen LogP contribution in [0.2, 0.25) is 0 Å². The van der Waals surface area contributed by atoms with E-state index in [0.29, 0.717) is 17.9 Å². The van der Waals surface area contributed by atoms with Crippen molar-refractivity contribution in [1.82, 2.24) is 25.1 Å². The molecule has 0 bridgehead atoms. The molecule has 0 unspecified atom stereocenters. The Morgan fingerprint density at radius 1 is 1.30 bits per heavy atom. The number of β-amino-alcohol motifs (C(OH)–C–C–N with tert-alkyl or cyclic N) is 1. The molecule has 0 aromatic carbocycles. The first kappa shape index (κ1) is 23.6.